The maximum absolute atomic E-state index is 8.76. The van der Waals surface area contributed by atoms with Crippen LogP contribution in [-0.2, 0) is 13.0 Å². The normalized spacial score (nSPS) is 11.2. The summed E-state index contributed by atoms with van der Waals surface area (Å²) in [7, 11) is 0. The molecule has 2 rings (SSSR count). The van der Waals surface area contributed by atoms with E-state index < -0.39 is 0 Å². The van der Waals surface area contributed by atoms with Gasteiger partial charge in [0.25, 0.3) is 0 Å². The van der Waals surface area contributed by atoms with Gasteiger partial charge in [0.1, 0.15) is 0 Å². The second-order valence-corrected chi connectivity index (χ2v) is 4.21. The smallest absolute Gasteiger partial charge is 0.0593 e. The van der Waals surface area contributed by atoms with Crippen LogP contribution in [0.25, 0.3) is 6.08 Å². The highest BCUT2D eigenvalue weighted by Gasteiger charge is 1.96. The van der Waals surface area contributed by atoms with Gasteiger partial charge in [-0.2, -0.15) is 5.10 Å². The second-order valence-electron chi connectivity index (χ2n) is 4.21. The predicted octanol–water partition coefficient (Wildman–Crippen LogP) is 2.52. The fourth-order valence-electron chi connectivity index (χ4n) is 1.78. The van der Waals surface area contributed by atoms with E-state index in [1.807, 2.05) is 35.3 Å². The molecule has 0 fully saturated rings. The van der Waals surface area contributed by atoms with Gasteiger partial charge in [-0.15, -0.1) is 0 Å². The third-order valence-corrected chi connectivity index (χ3v) is 2.71. The van der Waals surface area contributed by atoms with Gasteiger partial charge in [0.15, 0.2) is 0 Å². The minimum Gasteiger partial charge on any atom is -0.396 e. The third-order valence-electron chi connectivity index (χ3n) is 2.71. The average molecular weight is 242 g/mol. The highest BCUT2D eigenvalue weighted by atomic mass is 16.2. The molecule has 0 aliphatic heterocycles. The number of aromatic nitrogens is 2. The highest BCUT2D eigenvalue weighted by Crippen LogP contribution is 2.04. The number of allylic oxidation sites excluding steroid dienone is 1. The van der Waals surface area contributed by atoms with E-state index in [1.165, 1.54) is 11.1 Å². The van der Waals surface area contributed by atoms with Crippen molar-refractivity contribution in [3.05, 3.63) is 59.9 Å². The zero-order valence-electron chi connectivity index (χ0n) is 10.4. The van der Waals surface area contributed by atoms with Crippen molar-refractivity contribution in [1.82, 2.24) is 9.78 Å². The zero-order valence-corrected chi connectivity index (χ0v) is 10.4. The van der Waals surface area contributed by atoms with Gasteiger partial charge in [0.2, 0.25) is 0 Å². The quantitative estimate of drug-likeness (QED) is 0.845. The summed E-state index contributed by atoms with van der Waals surface area (Å²) in [4.78, 5) is 0. The fraction of sp³-hybridized carbons (Fsp3) is 0.267. The Morgan fingerprint density at radius 3 is 2.83 bits per heavy atom. The monoisotopic (exact) mass is 242 g/mol. The second kappa shape index (κ2) is 6.77. The lowest BCUT2D eigenvalue weighted by molar-refractivity contribution is 0.288. The largest absolute Gasteiger partial charge is 0.396 e. The summed E-state index contributed by atoms with van der Waals surface area (Å²) in [6.45, 7) is 1.01. The standard InChI is InChI=1S/C15H18N2O/c18-11-5-9-15-12-16-17(13-15)10-4-8-14-6-2-1-3-7-14/h1-4,6-8,12-13,18H,5,9-11H2/b8-4+. The zero-order chi connectivity index (χ0) is 12.6. The Balaban J connectivity index is 1.86. The van der Waals surface area contributed by atoms with Crippen LogP contribution in [0.4, 0.5) is 0 Å². The highest BCUT2D eigenvalue weighted by molar-refractivity contribution is 5.48. The molecule has 1 aromatic carbocycles. The van der Waals surface area contributed by atoms with Crippen LogP contribution in [-0.4, -0.2) is 21.5 Å². The summed E-state index contributed by atoms with van der Waals surface area (Å²) in [6, 6.07) is 10.2. The number of benzene rings is 1. The first-order chi connectivity index (χ1) is 8.88. The van der Waals surface area contributed by atoms with Crippen molar-refractivity contribution in [3.8, 4) is 0 Å². The molecule has 0 bridgehead atoms. The molecule has 0 aliphatic rings. The molecule has 0 spiro atoms. The molecule has 3 nitrogen and oxygen atoms in total. The van der Waals surface area contributed by atoms with Crippen molar-refractivity contribution in [3.63, 3.8) is 0 Å². The molecule has 0 amide bonds. The topological polar surface area (TPSA) is 38.1 Å². The molecule has 18 heavy (non-hydrogen) atoms. The molecule has 1 heterocycles. The molecule has 0 saturated heterocycles. The summed E-state index contributed by atoms with van der Waals surface area (Å²) in [6.07, 6.45) is 9.77. The van der Waals surface area contributed by atoms with Gasteiger partial charge in [0, 0.05) is 12.8 Å². The van der Waals surface area contributed by atoms with E-state index in [9.17, 15) is 0 Å². The van der Waals surface area contributed by atoms with E-state index in [1.54, 1.807) is 0 Å². The Morgan fingerprint density at radius 1 is 1.22 bits per heavy atom. The summed E-state index contributed by atoms with van der Waals surface area (Å²) in [5.41, 5.74) is 2.38. The summed E-state index contributed by atoms with van der Waals surface area (Å²) in [5.74, 6) is 0. The molecule has 0 aliphatic carbocycles. The van der Waals surface area contributed by atoms with Crippen molar-refractivity contribution in [1.29, 1.82) is 0 Å². The first kappa shape index (κ1) is 12.6. The molecular weight excluding hydrogens is 224 g/mol. The van der Waals surface area contributed by atoms with Gasteiger partial charge in [0.05, 0.1) is 12.7 Å². The van der Waals surface area contributed by atoms with Crippen LogP contribution >= 0.6 is 0 Å². The van der Waals surface area contributed by atoms with Crippen molar-refractivity contribution < 1.29 is 5.11 Å². The lowest BCUT2D eigenvalue weighted by atomic mass is 10.2. The van der Waals surface area contributed by atoms with Crippen LogP contribution in [0.2, 0.25) is 0 Å². The number of rotatable bonds is 6. The summed E-state index contributed by atoms with van der Waals surface area (Å²) in [5, 5.41) is 13.0. The van der Waals surface area contributed by atoms with Crippen LogP contribution in [0.15, 0.2) is 48.8 Å². The van der Waals surface area contributed by atoms with Crippen molar-refractivity contribution in [2.75, 3.05) is 6.61 Å². The van der Waals surface area contributed by atoms with Crippen molar-refractivity contribution >= 4 is 6.08 Å². The van der Waals surface area contributed by atoms with Crippen LogP contribution < -0.4 is 0 Å². The average Bonchev–Trinajstić information content (AvgIpc) is 2.85. The number of hydrogen-bond donors (Lipinski definition) is 1. The number of aliphatic hydroxyl groups is 1. The van der Waals surface area contributed by atoms with Crippen LogP contribution in [0.1, 0.15) is 17.5 Å². The maximum atomic E-state index is 8.76. The number of hydrogen-bond acceptors (Lipinski definition) is 2. The first-order valence-corrected chi connectivity index (χ1v) is 6.22. The number of aliphatic hydroxyl groups excluding tert-OH is 1. The Hall–Kier alpha value is -1.87. The molecule has 3 heteroatoms. The first-order valence-electron chi connectivity index (χ1n) is 6.22. The van der Waals surface area contributed by atoms with E-state index in [0.29, 0.717) is 0 Å². The number of nitrogens with zero attached hydrogens (tertiary/aromatic N) is 2. The third kappa shape index (κ3) is 3.86. The van der Waals surface area contributed by atoms with E-state index in [-0.39, 0.29) is 6.61 Å². The van der Waals surface area contributed by atoms with Gasteiger partial charge < -0.3 is 5.11 Å². The molecular formula is C15H18N2O. The van der Waals surface area contributed by atoms with Crippen LogP contribution in [0, 0.1) is 0 Å². The fourth-order valence-corrected chi connectivity index (χ4v) is 1.78. The van der Waals surface area contributed by atoms with Crippen molar-refractivity contribution in [2.45, 2.75) is 19.4 Å². The Kier molecular flexibility index (Phi) is 4.73. The maximum Gasteiger partial charge on any atom is 0.0593 e. The summed E-state index contributed by atoms with van der Waals surface area (Å²) < 4.78 is 1.91. The minimum absolute atomic E-state index is 0.235. The molecule has 0 unspecified atom stereocenters. The van der Waals surface area contributed by atoms with Gasteiger partial charge >= 0.3 is 0 Å². The van der Waals surface area contributed by atoms with Crippen LogP contribution in [0.3, 0.4) is 0 Å². The Bertz CT molecular complexity index is 488. The van der Waals surface area contributed by atoms with E-state index >= 15 is 0 Å². The number of aryl methyl sites for hydroxylation is 1. The van der Waals surface area contributed by atoms with E-state index in [4.69, 9.17) is 5.11 Å². The molecule has 94 valence electrons. The van der Waals surface area contributed by atoms with Gasteiger partial charge in [-0.1, -0.05) is 42.5 Å². The van der Waals surface area contributed by atoms with Crippen molar-refractivity contribution in [2.24, 2.45) is 0 Å². The van der Waals surface area contributed by atoms with Gasteiger partial charge in [-0.25, -0.2) is 0 Å². The van der Waals surface area contributed by atoms with E-state index in [2.05, 4.69) is 29.4 Å². The molecule has 1 N–H and O–H groups in total. The summed E-state index contributed by atoms with van der Waals surface area (Å²) >= 11 is 0. The van der Waals surface area contributed by atoms with Gasteiger partial charge in [-0.05, 0) is 24.0 Å². The Labute approximate surface area is 107 Å². The van der Waals surface area contributed by atoms with Gasteiger partial charge in [-0.3, -0.25) is 4.68 Å². The molecule has 0 atom stereocenters. The lowest BCUT2D eigenvalue weighted by Gasteiger charge is -1.95. The lowest BCUT2D eigenvalue weighted by Crippen LogP contribution is -1.94. The van der Waals surface area contributed by atoms with Crippen LogP contribution in [0.5, 0.6) is 0 Å². The molecule has 0 saturated carbocycles. The molecule has 0 radical (unpaired) electrons. The Morgan fingerprint density at radius 2 is 2.06 bits per heavy atom. The SMILES string of the molecule is OCCCc1cnn(C/C=C/c2ccccc2)c1. The molecule has 1 aromatic heterocycles. The van der Waals surface area contributed by atoms with E-state index in [0.717, 1.165) is 19.4 Å². The molecule has 2 aromatic rings. The predicted molar refractivity (Wildman–Crippen MR) is 73.1 cm³/mol. The minimum atomic E-state index is 0.235.